The van der Waals surface area contributed by atoms with Gasteiger partial charge >= 0.3 is 0 Å². The Morgan fingerprint density at radius 1 is 1.12 bits per heavy atom. The normalized spacial score (nSPS) is 21.9. The van der Waals surface area contributed by atoms with Crippen LogP contribution in [0.1, 0.15) is 55.0 Å². The van der Waals surface area contributed by atoms with Gasteiger partial charge in [-0.25, -0.2) is 4.98 Å². The fourth-order valence-corrected chi connectivity index (χ4v) is 4.00. The molecule has 130 valence electrons. The van der Waals surface area contributed by atoms with E-state index in [0.29, 0.717) is 11.8 Å². The first kappa shape index (κ1) is 15.1. The Balaban J connectivity index is 1.32. The highest BCUT2D eigenvalue weighted by molar-refractivity contribution is 5.74. The number of para-hydroxylation sites is 2. The summed E-state index contributed by atoms with van der Waals surface area (Å²) >= 11 is 0. The number of aromatic nitrogens is 5. The average molecular weight is 336 g/mol. The zero-order chi connectivity index (χ0) is 16.8. The molecule has 25 heavy (non-hydrogen) atoms. The second-order valence-corrected chi connectivity index (χ2v) is 7.52. The zero-order valence-electron chi connectivity index (χ0n) is 14.6. The second kappa shape index (κ2) is 5.95. The molecule has 1 N–H and O–H groups in total. The Hall–Kier alpha value is -2.21. The minimum Gasteiger partial charge on any atom is -0.342 e. The van der Waals surface area contributed by atoms with Crippen molar-refractivity contribution in [3.63, 3.8) is 0 Å². The maximum absolute atomic E-state index is 4.82. The number of piperidine rings is 1. The first-order chi connectivity index (χ1) is 12.3. The summed E-state index contributed by atoms with van der Waals surface area (Å²) in [5, 5.41) is 8.87. The SMILES string of the molecule is Cn1c(CN2CCC[C@H](c3nc4ccccc4[nH]3)C2)nnc1C1CC1. The number of benzene rings is 1. The molecule has 1 aliphatic heterocycles. The van der Waals surface area contributed by atoms with Gasteiger partial charge in [-0.05, 0) is 44.4 Å². The van der Waals surface area contributed by atoms with E-state index in [0.717, 1.165) is 42.3 Å². The molecule has 2 fully saturated rings. The summed E-state index contributed by atoms with van der Waals surface area (Å²) in [6.45, 7) is 3.04. The lowest BCUT2D eigenvalue weighted by Crippen LogP contribution is -2.35. The van der Waals surface area contributed by atoms with E-state index in [1.165, 1.54) is 31.5 Å². The van der Waals surface area contributed by atoms with Crippen molar-refractivity contribution in [2.75, 3.05) is 13.1 Å². The van der Waals surface area contributed by atoms with Crippen LogP contribution in [-0.4, -0.2) is 42.7 Å². The van der Waals surface area contributed by atoms with Crippen molar-refractivity contribution in [2.45, 2.75) is 44.1 Å². The van der Waals surface area contributed by atoms with Gasteiger partial charge in [-0.15, -0.1) is 10.2 Å². The van der Waals surface area contributed by atoms with Crippen LogP contribution in [0.4, 0.5) is 0 Å². The van der Waals surface area contributed by atoms with Gasteiger partial charge in [-0.3, -0.25) is 4.90 Å². The van der Waals surface area contributed by atoms with Crippen molar-refractivity contribution in [2.24, 2.45) is 7.05 Å². The molecule has 0 amide bonds. The maximum atomic E-state index is 4.82. The molecule has 0 radical (unpaired) electrons. The van der Waals surface area contributed by atoms with Crippen LogP contribution >= 0.6 is 0 Å². The van der Waals surface area contributed by atoms with Gasteiger partial charge in [0.1, 0.15) is 17.5 Å². The summed E-state index contributed by atoms with van der Waals surface area (Å²) in [5.41, 5.74) is 2.20. The number of hydrogen-bond donors (Lipinski definition) is 1. The molecule has 3 heterocycles. The van der Waals surface area contributed by atoms with E-state index in [-0.39, 0.29) is 0 Å². The van der Waals surface area contributed by atoms with Crippen LogP contribution in [0.3, 0.4) is 0 Å². The summed E-state index contributed by atoms with van der Waals surface area (Å²) in [7, 11) is 2.11. The van der Waals surface area contributed by atoms with Gasteiger partial charge in [0.05, 0.1) is 17.6 Å². The summed E-state index contributed by atoms with van der Waals surface area (Å²) in [5.74, 6) is 4.50. The minimum absolute atomic E-state index is 0.470. The van der Waals surface area contributed by atoms with Crippen molar-refractivity contribution < 1.29 is 0 Å². The third-order valence-corrected chi connectivity index (χ3v) is 5.61. The van der Waals surface area contributed by atoms with E-state index in [2.05, 4.69) is 49.9 Å². The number of imidazole rings is 1. The Kier molecular flexibility index (Phi) is 3.59. The first-order valence-corrected chi connectivity index (χ1v) is 9.33. The highest BCUT2D eigenvalue weighted by atomic mass is 15.3. The predicted molar refractivity (Wildman–Crippen MR) is 96.3 cm³/mol. The molecule has 1 aliphatic carbocycles. The number of H-pyrrole nitrogens is 1. The van der Waals surface area contributed by atoms with Crippen LogP contribution < -0.4 is 0 Å². The van der Waals surface area contributed by atoms with Crippen molar-refractivity contribution in [1.29, 1.82) is 0 Å². The lowest BCUT2D eigenvalue weighted by molar-refractivity contribution is 0.191. The molecule has 6 nitrogen and oxygen atoms in total. The average Bonchev–Trinajstić information content (AvgIpc) is 3.28. The minimum atomic E-state index is 0.470. The van der Waals surface area contributed by atoms with Gasteiger partial charge in [-0.2, -0.15) is 0 Å². The van der Waals surface area contributed by atoms with Gasteiger partial charge in [0.25, 0.3) is 0 Å². The van der Waals surface area contributed by atoms with E-state index in [1.54, 1.807) is 0 Å². The van der Waals surface area contributed by atoms with Crippen LogP contribution in [0.15, 0.2) is 24.3 Å². The molecular formula is C19H24N6. The molecular weight excluding hydrogens is 312 g/mol. The molecule has 2 aromatic heterocycles. The molecule has 6 heteroatoms. The second-order valence-electron chi connectivity index (χ2n) is 7.52. The number of rotatable bonds is 4. The number of fused-ring (bicyclic) bond motifs is 1. The largest absolute Gasteiger partial charge is 0.342 e. The first-order valence-electron chi connectivity index (χ1n) is 9.33. The molecule has 1 aromatic carbocycles. The van der Waals surface area contributed by atoms with E-state index in [1.807, 2.05) is 6.07 Å². The standard InChI is InChI=1S/C19H24N6/c1-24-17(22-23-19(24)13-8-9-13)12-25-10-4-5-14(11-25)18-20-15-6-2-3-7-16(15)21-18/h2-3,6-7,13-14H,4-5,8-12H2,1H3,(H,20,21)/t14-/m0/s1. The zero-order valence-corrected chi connectivity index (χ0v) is 14.6. The Morgan fingerprint density at radius 2 is 2.00 bits per heavy atom. The van der Waals surface area contributed by atoms with Gasteiger partial charge in [0.15, 0.2) is 0 Å². The number of hydrogen-bond acceptors (Lipinski definition) is 4. The quantitative estimate of drug-likeness (QED) is 0.796. The maximum Gasteiger partial charge on any atom is 0.146 e. The number of nitrogens with zero attached hydrogens (tertiary/aromatic N) is 5. The molecule has 1 saturated heterocycles. The molecule has 1 saturated carbocycles. The van der Waals surface area contributed by atoms with Crippen LogP contribution in [0, 0.1) is 0 Å². The third-order valence-electron chi connectivity index (χ3n) is 5.61. The highest BCUT2D eigenvalue weighted by Gasteiger charge is 2.30. The number of nitrogens with one attached hydrogen (secondary N) is 1. The number of aromatic amines is 1. The van der Waals surface area contributed by atoms with Crippen molar-refractivity contribution in [3.8, 4) is 0 Å². The van der Waals surface area contributed by atoms with Crippen LogP contribution in [-0.2, 0) is 13.6 Å². The summed E-state index contributed by atoms with van der Waals surface area (Å²) in [6, 6.07) is 8.29. The third kappa shape index (κ3) is 2.84. The van der Waals surface area contributed by atoms with Gasteiger partial charge in [0, 0.05) is 25.4 Å². The molecule has 5 rings (SSSR count). The Labute approximate surface area is 147 Å². The molecule has 0 spiro atoms. The summed E-state index contributed by atoms with van der Waals surface area (Å²) in [4.78, 5) is 10.8. The molecule has 0 unspecified atom stereocenters. The molecule has 1 atom stereocenters. The van der Waals surface area contributed by atoms with Gasteiger partial charge in [-0.1, -0.05) is 12.1 Å². The van der Waals surface area contributed by atoms with E-state index in [4.69, 9.17) is 4.98 Å². The van der Waals surface area contributed by atoms with Gasteiger partial charge < -0.3 is 9.55 Å². The number of likely N-dealkylation sites (tertiary alicyclic amines) is 1. The Morgan fingerprint density at radius 3 is 2.84 bits per heavy atom. The van der Waals surface area contributed by atoms with Crippen LogP contribution in [0.25, 0.3) is 11.0 Å². The lowest BCUT2D eigenvalue weighted by atomic mass is 9.97. The van der Waals surface area contributed by atoms with Crippen molar-refractivity contribution in [1.82, 2.24) is 29.6 Å². The van der Waals surface area contributed by atoms with E-state index in [9.17, 15) is 0 Å². The van der Waals surface area contributed by atoms with Gasteiger partial charge in [0.2, 0.25) is 0 Å². The Bertz CT molecular complexity index is 857. The topological polar surface area (TPSA) is 62.6 Å². The fourth-order valence-electron chi connectivity index (χ4n) is 4.00. The molecule has 3 aromatic rings. The van der Waals surface area contributed by atoms with E-state index < -0.39 is 0 Å². The lowest BCUT2D eigenvalue weighted by Gasteiger charge is -2.31. The predicted octanol–water partition coefficient (Wildman–Crippen LogP) is 2.95. The van der Waals surface area contributed by atoms with Crippen LogP contribution in [0.2, 0.25) is 0 Å². The fraction of sp³-hybridized carbons (Fsp3) is 0.526. The smallest absolute Gasteiger partial charge is 0.146 e. The molecule has 0 bridgehead atoms. The molecule has 2 aliphatic rings. The van der Waals surface area contributed by atoms with Crippen LogP contribution in [0.5, 0.6) is 0 Å². The van der Waals surface area contributed by atoms with Crippen molar-refractivity contribution >= 4 is 11.0 Å². The summed E-state index contributed by atoms with van der Waals surface area (Å²) < 4.78 is 2.21. The van der Waals surface area contributed by atoms with Crippen molar-refractivity contribution in [3.05, 3.63) is 41.7 Å². The monoisotopic (exact) mass is 336 g/mol. The highest BCUT2D eigenvalue weighted by Crippen LogP contribution is 2.39. The van der Waals surface area contributed by atoms with E-state index >= 15 is 0 Å². The summed E-state index contributed by atoms with van der Waals surface area (Å²) in [6.07, 6.45) is 4.94.